The van der Waals surface area contributed by atoms with Crippen molar-refractivity contribution in [2.45, 2.75) is 26.2 Å². The number of hydrogen-bond acceptors (Lipinski definition) is 3. The normalized spacial score (nSPS) is 17.6. The van der Waals surface area contributed by atoms with Gasteiger partial charge in [-0.05, 0) is 59.9 Å². The Kier molecular flexibility index (Phi) is 4.07. The van der Waals surface area contributed by atoms with Crippen LogP contribution in [0.1, 0.15) is 34.3 Å². The minimum Gasteiger partial charge on any atom is -0.298 e. The van der Waals surface area contributed by atoms with Gasteiger partial charge in [-0.25, -0.2) is 4.98 Å². The molecule has 0 fully saturated rings. The number of carbonyl (C=O) groups is 1. The van der Waals surface area contributed by atoms with Crippen LogP contribution in [0.3, 0.4) is 0 Å². The number of hydrogen-bond donors (Lipinski definition) is 1. The molecular formula is C15H15IN2OS. The van der Waals surface area contributed by atoms with Crippen molar-refractivity contribution >= 4 is 45.0 Å². The van der Waals surface area contributed by atoms with Gasteiger partial charge in [0.2, 0.25) is 0 Å². The van der Waals surface area contributed by atoms with Crippen molar-refractivity contribution in [3.63, 3.8) is 0 Å². The minimum absolute atomic E-state index is 0.0749. The van der Waals surface area contributed by atoms with Crippen molar-refractivity contribution < 1.29 is 4.79 Å². The van der Waals surface area contributed by atoms with Crippen molar-refractivity contribution in [2.75, 3.05) is 5.32 Å². The summed E-state index contributed by atoms with van der Waals surface area (Å²) in [5.74, 6) is 0.649. The summed E-state index contributed by atoms with van der Waals surface area (Å²) in [5.41, 5.74) is 1.88. The Morgan fingerprint density at radius 3 is 3.05 bits per heavy atom. The van der Waals surface area contributed by atoms with E-state index in [2.05, 4.69) is 39.8 Å². The van der Waals surface area contributed by atoms with Crippen LogP contribution in [0.2, 0.25) is 0 Å². The Balaban J connectivity index is 1.79. The van der Waals surface area contributed by atoms with Gasteiger partial charge in [-0.15, -0.1) is 11.3 Å². The third-order valence-corrected chi connectivity index (χ3v) is 5.50. The lowest BCUT2D eigenvalue weighted by Crippen LogP contribution is -2.13. The van der Waals surface area contributed by atoms with Crippen LogP contribution in [-0.4, -0.2) is 10.9 Å². The van der Waals surface area contributed by atoms with Gasteiger partial charge in [0.1, 0.15) is 0 Å². The number of anilines is 1. The molecule has 1 atom stereocenters. The van der Waals surface area contributed by atoms with Gasteiger partial charge in [0, 0.05) is 8.45 Å². The molecule has 0 spiro atoms. The zero-order chi connectivity index (χ0) is 14.1. The predicted octanol–water partition coefficient (Wildman–Crippen LogP) is 4.12. The average Bonchev–Trinajstić information content (AvgIpc) is 2.80. The fourth-order valence-corrected chi connectivity index (χ4v) is 4.20. The number of fused-ring (bicyclic) bond motifs is 1. The summed E-state index contributed by atoms with van der Waals surface area (Å²) in [6.07, 6.45) is 3.32. The molecule has 1 heterocycles. The highest BCUT2D eigenvalue weighted by molar-refractivity contribution is 14.1. The Morgan fingerprint density at radius 2 is 2.25 bits per heavy atom. The molecule has 2 aromatic rings. The Bertz CT molecular complexity index is 653. The van der Waals surface area contributed by atoms with E-state index >= 15 is 0 Å². The smallest absolute Gasteiger partial charge is 0.258 e. The first-order valence-electron chi connectivity index (χ1n) is 6.68. The highest BCUT2D eigenvalue weighted by atomic mass is 127. The number of rotatable bonds is 2. The fraction of sp³-hybridized carbons (Fsp3) is 0.333. The topological polar surface area (TPSA) is 42.0 Å². The van der Waals surface area contributed by atoms with Gasteiger partial charge in [-0.1, -0.05) is 19.1 Å². The number of amides is 1. The molecule has 1 N–H and O–H groups in total. The lowest BCUT2D eigenvalue weighted by Gasteiger charge is -2.15. The number of aromatic nitrogens is 1. The second kappa shape index (κ2) is 5.81. The summed E-state index contributed by atoms with van der Waals surface area (Å²) >= 11 is 3.80. The molecule has 3 nitrogen and oxygen atoms in total. The van der Waals surface area contributed by atoms with E-state index in [1.165, 1.54) is 17.0 Å². The Hall–Kier alpha value is -0.950. The molecule has 1 unspecified atom stereocenters. The summed E-state index contributed by atoms with van der Waals surface area (Å²) in [7, 11) is 0. The fourth-order valence-electron chi connectivity index (χ4n) is 2.40. The summed E-state index contributed by atoms with van der Waals surface area (Å²) in [6.45, 7) is 2.27. The first kappa shape index (κ1) is 14.0. The molecule has 5 heteroatoms. The largest absolute Gasteiger partial charge is 0.298 e. The van der Waals surface area contributed by atoms with E-state index in [4.69, 9.17) is 0 Å². The average molecular weight is 398 g/mol. The van der Waals surface area contributed by atoms with Crippen molar-refractivity contribution in [3.8, 4) is 0 Å². The first-order valence-corrected chi connectivity index (χ1v) is 8.57. The van der Waals surface area contributed by atoms with Gasteiger partial charge in [0.25, 0.3) is 5.91 Å². The van der Waals surface area contributed by atoms with Crippen LogP contribution in [0.25, 0.3) is 0 Å². The van der Waals surface area contributed by atoms with E-state index in [9.17, 15) is 4.79 Å². The maximum Gasteiger partial charge on any atom is 0.258 e. The molecule has 104 valence electrons. The van der Waals surface area contributed by atoms with Crippen LogP contribution < -0.4 is 5.32 Å². The van der Waals surface area contributed by atoms with Gasteiger partial charge in [0.15, 0.2) is 5.13 Å². The minimum atomic E-state index is -0.0749. The lowest BCUT2D eigenvalue weighted by molar-refractivity contribution is 0.102. The summed E-state index contributed by atoms with van der Waals surface area (Å²) in [4.78, 5) is 18.2. The molecule has 0 bridgehead atoms. The van der Waals surface area contributed by atoms with Crippen LogP contribution in [0.4, 0.5) is 5.13 Å². The number of carbonyl (C=O) groups excluding carboxylic acids is 1. The maximum atomic E-state index is 12.3. The van der Waals surface area contributed by atoms with E-state index in [1.807, 2.05) is 24.3 Å². The Morgan fingerprint density at radius 1 is 1.45 bits per heavy atom. The number of thiazole rings is 1. The number of nitrogens with one attached hydrogen (secondary N) is 1. The highest BCUT2D eigenvalue weighted by Gasteiger charge is 2.21. The third kappa shape index (κ3) is 2.88. The van der Waals surface area contributed by atoms with E-state index in [1.54, 1.807) is 11.3 Å². The molecule has 3 rings (SSSR count). The molecular weight excluding hydrogens is 383 g/mol. The number of halogens is 1. The highest BCUT2D eigenvalue weighted by Crippen LogP contribution is 2.32. The third-order valence-electron chi connectivity index (χ3n) is 3.52. The van der Waals surface area contributed by atoms with Crippen molar-refractivity contribution in [1.29, 1.82) is 0 Å². The second-order valence-electron chi connectivity index (χ2n) is 5.17. The molecule has 1 aliphatic carbocycles. The molecule has 1 aliphatic rings. The van der Waals surface area contributed by atoms with E-state index in [-0.39, 0.29) is 5.91 Å². The molecule has 0 aliphatic heterocycles. The zero-order valence-corrected chi connectivity index (χ0v) is 14.1. The van der Waals surface area contributed by atoms with E-state index < -0.39 is 0 Å². The number of benzene rings is 1. The molecule has 20 heavy (non-hydrogen) atoms. The van der Waals surface area contributed by atoms with E-state index in [0.717, 1.165) is 27.5 Å². The Labute approximate surface area is 136 Å². The van der Waals surface area contributed by atoms with Crippen LogP contribution in [0.15, 0.2) is 24.3 Å². The molecule has 0 saturated carbocycles. The van der Waals surface area contributed by atoms with Crippen LogP contribution in [0, 0.1) is 9.49 Å². The first-order chi connectivity index (χ1) is 9.63. The van der Waals surface area contributed by atoms with Crippen LogP contribution >= 0.6 is 33.9 Å². The van der Waals surface area contributed by atoms with Gasteiger partial charge in [0.05, 0.1) is 11.3 Å². The summed E-state index contributed by atoms with van der Waals surface area (Å²) in [6, 6.07) is 7.59. The predicted molar refractivity (Wildman–Crippen MR) is 90.4 cm³/mol. The molecule has 0 radical (unpaired) electrons. The SMILES string of the molecule is CC1CCc2nc(NC(=O)c3ccccc3I)sc2C1. The monoisotopic (exact) mass is 398 g/mol. The lowest BCUT2D eigenvalue weighted by atomic mass is 9.93. The molecule has 1 aromatic carbocycles. The maximum absolute atomic E-state index is 12.3. The van der Waals surface area contributed by atoms with Gasteiger partial charge < -0.3 is 0 Å². The van der Waals surface area contributed by atoms with Gasteiger partial charge in [-0.3, -0.25) is 10.1 Å². The zero-order valence-electron chi connectivity index (χ0n) is 11.1. The second-order valence-corrected chi connectivity index (χ2v) is 7.42. The van der Waals surface area contributed by atoms with Crippen molar-refractivity contribution in [2.24, 2.45) is 5.92 Å². The summed E-state index contributed by atoms with van der Waals surface area (Å²) in [5, 5.41) is 3.67. The summed E-state index contributed by atoms with van der Waals surface area (Å²) < 4.78 is 0.956. The van der Waals surface area contributed by atoms with Crippen LogP contribution in [0.5, 0.6) is 0 Å². The van der Waals surface area contributed by atoms with E-state index in [0.29, 0.717) is 5.56 Å². The molecule has 0 saturated heterocycles. The van der Waals surface area contributed by atoms with Crippen molar-refractivity contribution in [1.82, 2.24) is 4.98 Å². The van der Waals surface area contributed by atoms with Gasteiger partial charge in [-0.2, -0.15) is 0 Å². The standard InChI is InChI=1S/C15H15IN2OS/c1-9-6-7-12-13(8-9)20-15(17-12)18-14(19)10-4-2-3-5-11(10)16/h2-5,9H,6-8H2,1H3,(H,17,18,19). The molecule has 1 aromatic heterocycles. The number of aryl methyl sites for hydroxylation is 1. The molecule has 1 amide bonds. The van der Waals surface area contributed by atoms with Crippen LogP contribution in [-0.2, 0) is 12.8 Å². The quantitative estimate of drug-likeness (QED) is 0.774. The number of nitrogens with zero attached hydrogens (tertiary/aromatic N) is 1. The van der Waals surface area contributed by atoms with Gasteiger partial charge >= 0.3 is 0 Å². The van der Waals surface area contributed by atoms with Crippen molar-refractivity contribution in [3.05, 3.63) is 44.0 Å².